The van der Waals surface area contributed by atoms with Crippen molar-refractivity contribution in [1.82, 2.24) is 5.32 Å². The Balaban J connectivity index is 1.83. The van der Waals surface area contributed by atoms with Gasteiger partial charge in [0.2, 0.25) is 5.91 Å². The van der Waals surface area contributed by atoms with Gasteiger partial charge in [0.25, 0.3) is 0 Å². The number of hydrogen-bond acceptors (Lipinski definition) is 5. The molecule has 0 saturated heterocycles. The van der Waals surface area contributed by atoms with Crippen molar-refractivity contribution in [3.63, 3.8) is 0 Å². The number of carbonyl (C=O) groups excluding carboxylic acids is 1. The number of carbonyl (C=O) groups is 1. The van der Waals surface area contributed by atoms with Crippen molar-refractivity contribution in [2.75, 3.05) is 0 Å². The molecule has 1 amide bonds. The van der Waals surface area contributed by atoms with Crippen LogP contribution in [0.2, 0.25) is 0 Å². The molecule has 0 unspecified atom stereocenters. The molecule has 152 valence electrons. The molecule has 8 heteroatoms. The number of hydrogen-bond donors (Lipinski definition) is 4. The first-order valence-corrected chi connectivity index (χ1v) is 10.3. The quantitative estimate of drug-likeness (QED) is 0.212. The molecule has 2 rings (SSSR count). The highest BCUT2D eigenvalue weighted by Gasteiger charge is 2.10. The maximum absolute atomic E-state index is 13.4. The highest BCUT2D eigenvalue weighted by Crippen LogP contribution is 2.21. The monoisotopic (exact) mass is 430 g/mol. The average Bonchev–Trinajstić information content (AvgIpc) is 2.65. The molecule has 5 N–H and O–H groups in total. The first-order valence-electron chi connectivity index (χ1n) is 9.10. The molecule has 29 heavy (non-hydrogen) atoms. The van der Waals surface area contributed by atoms with E-state index in [4.69, 9.17) is 28.8 Å². The van der Waals surface area contributed by atoms with Crippen LogP contribution in [0, 0.1) is 16.6 Å². The van der Waals surface area contributed by atoms with Gasteiger partial charge in [0.1, 0.15) is 5.82 Å². The summed E-state index contributed by atoms with van der Waals surface area (Å²) in [4.78, 5) is 12.7. The zero-order chi connectivity index (χ0) is 21.2. The van der Waals surface area contributed by atoms with Crippen molar-refractivity contribution in [3.8, 4) is 11.1 Å². The van der Waals surface area contributed by atoms with E-state index in [1.54, 1.807) is 12.1 Å². The fourth-order valence-corrected chi connectivity index (χ4v) is 3.47. The lowest BCUT2D eigenvalue weighted by molar-refractivity contribution is -0.119. The summed E-state index contributed by atoms with van der Waals surface area (Å²) in [6, 6.07) is 13.6. The summed E-state index contributed by atoms with van der Waals surface area (Å²) in [5, 5.41) is 18.5. The number of amides is 1. The Morgan fingerprint density at radius 2 is 1.72 bits per heavy atom. The minimum atomic E-state index is -0.333. The van der Waals surface area contributed by atoms with Gasteiger partial charge in [-0.15, -0.1) is 0 Å². The first kappa shape index (κ1) is 22.7. The van der Waals surface area contributed by atoms with E-state index in [2.05, 4.69) is 5.32 Å². The fourth-order valence-electron chi connectivity index (χ4n) is 2.67. The number of nitrogens with two attached hydrogens (primary N) is 1. The molecule has 0 bridgehead atoms. The summed E-state index contributed by atoms with van der Waals surface area (Å²) in [6.45, 7) is 0. The lowest BCUT2D eigenvalue weighted by Crippen LogP contribution is -2.29. The maximum atomic E-state index is 13.4. The number of rotatable bonds is 8. The van der Waals surface area contributed by atoms with Gasteiger partial charge >= 0.3 is 0 Å². The molecule has 0 aromatic heterocycles. The second kappa shape index (κ2) is 11.4. The predicted molar refractivity (Wildman–Crippen MR) is 122 cm³/mol. The molecule has 2 aromatic carbocycles. The van der Waals surface area contributed by atoms with Crippen LogP contribution in [0.25, 0.3) is 11.1 Å². The number of nitrogens with one attached hydrogen (secondary N) is 3. The molecule has 0 spiro atoms. The number of halogens is 1. The number of thioether (sulfide) groups is 1. The summed E-state index contributed by atoms with van der Waals surface area (Å²) in [6.07, 6.45) is 2.82. The molecule has 0 heterocycles. The van der Waals surface area contributed by atoms with Crippen LogP contribution < -0.4 is 11.1 Å². The van der Waals surface area contributed by atoms with Gasteiger partial charge < -0.3 is 11.1 Å². The minimum Gasteiger partial charge on any atom is -0.393 e. The van der Waals surface area contributed by atoms with E-state index in [9.17, 15) is 9.18 Å². The van der Waals surface area contributed by atoms with Gasteiger partial charge in [-0.3, -0.25) is 15.6 Å². The van der Waals surface area contributed by atoms with E-state index in [-0.39, 0.29) is 23.3 Å². The molecule has 0 radical (unpaired) electrons. The fraction of sp³-hybridized carbons (Fsp3) is 0.238. The Morgan fingerprint density at radius 3 is 2.41 bits per heavy atom. The second-order valence-corrected chi connectivity index (χ2v) is 8.09. The van der Waals surface area contributed by atoms with E-state index in [0.717, 1.165) is 41.3 Å². The highest BCUT2D eigenvalue weighted by atomic mass is 32.2. The van der Waals surface area contributed by atoms with Crippen LogP contribution in [0.1, 0.15) is 31.2 Å². The van der Waals surface area contributed by atoms with Crippen molar-refractivity contribution in [2.45, 2.75) is 32.1 Å². The van der Waals surface area contributed by atoms with Gasteiger partial charge in [-0.05, 0) is 66.3 Å². The van der Waals surface area contributed by atoms with Crippen molar-refractivity contribution in [1.29, 1.82) is 10.8 Å². The highest BCUT2D eigenvalue weighted by molar-refractivity contribution is 8.26. The van der Waals surface area contributed by atoms with Crippen LogP contribution in [-0.4, -0.2) is 21.1 Å². The molecule has 0 aliphatic carbocycles. The standard InChI is InChI=1S/C21H23FN4OS2/c22-17-8-4-7-16(13-17)15-6-3-5-14(11-15)12-20(27)26-21(25)29-19(24)10-2-1-9-18(23)28/h3-8,11,13,24H,1-2,9-10,12H2,(H2,23,28)(H2,25,26,27). The molecular weight excluding hydrogens is 407 g/mol. The van der Waals surface area contributed by atoms with E-state index >= 15 is 0 Å². The summed E-state index contributed by atoms with van der Waals surface area (Å²) in [5.41, 5.74) is 7.74. The molecule has 0 atom stereocenters. The van der Waals surface area contributed by atoms with Crippen molar-refractivity contribution in [2.24, 2.45) is 5.73 Å². The molecule has 0 aliphatic rings. The molecular formula is C21H23FN4OS2. The van der Waals surface area contributed by atoms with Crippen LogP contribution in [-0.2, 0) is 11.2 Å². The van der Waals surface area contributed by atoms with E-state index in [1.807, 2.05) is 24.3 Å². The summed E-state index contributed by atoms with van der Waals surface area (Å²) in [7, 11) is 0. The largest absolute Gasteiger partial charge is 0.393 e. The van der Waals surface area contributed by atoms with Crippen molar-refractivity contribution in [3.05, 3.63) is 59.9 Å². The Bertz CT molecular complexity index is 917. The van der Waals surface area contributed by atoms with Crippen LogP contribution >= 0.6 is 24.0 Å². The Labute approximate surface area is 179 Å². The van der Waals surface area contributed by atoms with E-state index < -0.39 is 0 Å². The Kier molecular flexibility index (Phi) is 8.95. The average molecular weight is 431 g/mol. The second-order valence-electron chi connectivity index (χ2n) is 6.46. The van der Waals surface area contributed by atoms with Gasteiger partial charge in [-0.2, -0.15) is 0 Å². The van der Waals surface area contributed by atoms with Crippen molar-refractivity contribution >= 4 is 45.1 Å². The molecule has 0 fully saturated rings. The Hall–Kier alpha value is -2.58. The summed E-state index contributed by atoms with van der Waals surface area (Å²) in [5.74, 6) is -0.649. The van der Waals surface area contributed by atoms with E-state index in [1.165, 1.54) is 12.1 Å². The molecule has 2 aromatic rings. The van der Waals surface area contributed by atoms with E-state index in [0.29, 0.717) is 22.9 Å². The Morgan fingerprint density at radius 1 is 1.07 bits per heavy atom. The lowest BCUT2D eigenvalue weighted by Gasteiger charge is -2.09. The van der Waals surface area contributed by atoms with Gasteiger partial charge in [-0.25, -0.2) is 4.39 Å². The smallest absolute Gasteiger partial charge is 0.230 e. The normalized spacial score (nSPS) is 10.4. The zero-order valence-corrected chi connectivity index (χ0v) is 17.5. The predicted octanol–water partition coefficient (Wildman–Crippen LogP) is 4.64. The number of thiocarbonyl (C=S) groups is 1. The summed E-state index contributed by atoms with van der Waals surface area (Å²) >= 11 is 5.74. The summed E-state index contributed by atoms with van der Waals surface area (Å²) < 4.78 is 13.4. The van der Waals surface area contributed by atoms with Gasteiger partial charge in [0, 0.05) is 0 Å². The maximum Gasteiger partial charge on any atom is 0.230 e. The zero-order valence-electron chi connectivity index (χ0n) is 15.8. The van der Waals surface area contributed by atoms with Crippen LogP contribution in [0.5, 0.6) is 0 Å². The number of unbranched alkanes of at least 4 members (excludes halogenated alkanes) is 1. The third-order valence-corrected chi connectivity index (χ3v) is 4.97. The topological polar surface area (TPSA) is 103 Å². The van der Waals surface area contributed by atoms with Crippen LogP contribution in [0.4, 0.5) is 4.39 Å². The third kappa shape index (κ3) is 8.53. The number of benzene rings is 2. The van der Waals surface area contributed by atoms with Crippen LogP contribution in [0.3, 0.4) is 0 Å². The van der Waals surface area contributed by atoms with Crippen molar-refractivity contribution < 1.29 is 9.18 Å². The van der Waals surface area contributed by atoms with Gasteiger partial charge in [0.05, 0.1) is 16.5 Å². The molecule has 5 nitrogen and oxygen atoms in total. The van der Waals surface area contributed by atoms with Gasteiger partial charge in [0.15, 0.2) is 5.17 Å². The SMILES string of the molecule is N=C(CCCCC(N)=S)SC(=N)NC(=O)Cc1cccc(-c2cccc(F)c2)c1. The van der Waals surface area contributed by atoms with Crippen LogP contribution in [0.15, 0.2) is 48.5 Å². The molecule has 0 saturated carbocycles. The molecule has 0 aliphatic heterocycles. The third-order valence-electron chi connectivity index (χ3n) is 4.00. The first-order chi connectivity index (χ1) is 13.8. The minimum absolute atomic E-state index is 0.0735. The lowest BCUT2D eigenvalue weighted by atomic mass is 10.0. The van der Waals surface area contributed by atoms with Gasteiger partial charge in [-0.1, -0.05) is 48.6 Å². The number of amidine groups is 1.